The Bertz CT molecular complexity index is 6.00. The van der Waals surface area contributed by atoms with E-state index in [9.17, 15) is 0 Å². The van der Waals surface area contributed by atoms with Gasteiger partial charge in [-0.1, -0.05) is 0 Å². The summed E-state index contributed by atoms with van der Waals surface area (Å²) in [5.41, 5.74) is 0. The number of hydrogen-bond donors (Lipinski definition) is 0. The van der Waals surface area contributed by atoms with Crippen LogP contribution < -0.4 is 0 Å². The largest absolute Gasteiger partial charge is 2.00 e. The predicted molar refractivity (Wildman–Crippen MR) is 20.7 cm³/mol. The second-order valence-electron chi connectivity index (χ2n) is 0. The van der Waals surface area contributed by atoms with E-state index < -0.39 is 0 Å². The number of halogens is 1. The molecule has 0 nitrogen and oxygen atoms in total. The minimum atomic E-state index is 0. The molecular weight excluding hydrogens is 163 g/mol. The minimum Gasteiger partial charge on any atom is -0.358 e. The van der Waals surface area contributed by atoms with Gasteiger partial charge in [-0.25, -0.2) is 0 Å². The van der Waals surface area contributed by atoms with Crippen LogP contribution in [0, 0.1) is 13.3 Å². The van der Waals surface area contributed by atoms with E-state index in [4.69, 9.17) is 0 Å². The van der Waals surface area contributed by atoms with Crippen molar-refractivity contribution in [3.05, 3.63) is 13.3 Å². The first-order valence-electron chi connectivity index (χ1n) is 0.267. The summed E-state index contributed by atoms with van der Waals surface area (Å²) in [6.45, 7) is 0. The van der Waals surface area contributed by atoms with Crippen LogP contribution in [0.3, 0.4) is 0 Å². The predicted octanol–water partition coefficient (Wildman–Crippen LogP) is 1.62. The Balaban J connectivity index is -0.00000000500. The summed E-state index contributed by atoms with van der Waals surface area (Å²) in [5.74, 6) is 3.06. The van der Waals surface area contributed by atoms with Crippen molar-refractivity contribution in [3.63, 3.8) is 0 Å². The number of rotatable bonds is 0. The van der Waals surface area contributed by atoms with Gasteiger partial charge in [-0.3, -0.25) is 5.83 Å². The van der Waals surface area contributed by atoms with Gasteiger partial charge in [0.25, 0.3) is 0 Å². The molecule has 2 heteroatoms. The van der Waals surface area contributed by atoms with Crippen LogP contribution >= 0.6 is 15.9 Å². The second kappa shape index (κ2) is 37.1. The molecule has 0 radical (unpaired) electrons. The summed E-state index contributed by atoms with van der Waals surface area (Å²) in [7, 11) is 0. The standard InChI is InChI=1S/CH2Br.CH3.Ni/c1-2;;/h1H2;1H3;/q2*-1;+2. The molecule has 0 atom stereocenters. The Morgan fingerprint density at radius 2 is 1.25 bits per heavy atom. The summed E-state index contributed by atoms with van der Waals surface area (Å²) >= 11 is 2.69. The van der Waals surface area contributed by atoms with Gasteiger partial charge in [0.2, 0.25) is 0 Å². The van der Waals surface area contributed by atoms with Crippen molar-refractivity contribution in [2.75, 3.05) is 0 Å². The van der Waals surface area contributed by atoms with Gasteiger partial charge in [-0.05, 0) is 0 Å². The summed E-state index contributed by atoms with van der Waals surface area (Å²) < 4.78 is 0. The molecule has 4 heavy (non-hydrogen) atoms. The molecule has 0 unspecified atom stereocenters. The molecule has 0 aliphatic heterocycles. The Morgan fingerprint density at radius 1 is 1.25 bits per heavy atom. The van der Waals surface area contributed by atoms with E-state index in [0.29, 0.717) is 0 Å². The third-order valence-corrected chi connectivity index (χ3v) is 0. The van der Waals surface area contributed by atoms with Crippen LogP contribution in [-0.2, 0) is 16.5 Å². The molecule has 0 heterocycles. The monoisotopic (exact) mass is 166 g/mol. The van der Waals surface area contributed by atoms with E-state index in [1.807, 2.05) is 0 Å². The maximum atomic E-state index is 3.06. The van der Waals surface area contributed by atoms with Gasteiger partial charge < -0.3 is 23.4 Å². The molecular formula is C2H5BrNi. The number of hydrogen-bond acceptors (Lipinski definition) is 0. The van der Waals surface area contributed by atoms with Gasteiger partial charge in [0, 0.05) is 0 Å². The van der Waals surface area contributed by atoms with Crippen molar-refractivity contribution in [2.45, 2.75) is 0 Å². The Morgan fingerprint density at radius 3 is 1.25 bits per heavy atom. The molecule has 0 spiro atoms. The molecule has 0 fully saturated rings. The third-order valence-electron chi connectivity index (χ3n) is 0. The molecule has 0 aromatic heterocycles. The molecule has 0 saturated heterocycles. The smallest absolute Gasteiger partial charge is 0.358 e. The van der Waals surface area contributed by atoms with E-state index in [1.54, 1.807) is 0 Å². The van der Waals surface area contributed by atoms with Crippen molar-refractivity contribution in [3.8, 4) is 0 Å². The molecule has 0 rings (SSSR count). The zero-order valence-corrected chi connectivity index (χ0v) is 4.97. The van der Waals surface area contributed by atoms with Gasteiger partial charge in [0.05, 0.1) is 0 Å². The molecule has 0 aromatic carbocycles. The Kier molecular flexibility index (Phi) is 187. The van der Waals surface area contributed by atoms with Crippen molar-refractivity contribution in [1.82, 2.24) is 0 Å². The fourth-order valence-electron chi connectivity index (χ4n) is 0. The maximum Gasteiger partial charge on any atom is 2.00 e. The van der Waals surface area contributed by atoms with E-state index >= 15 is 0 Å². The van der Waals surface area contributed by atoms with Crippen LogP contribution in [0.25, 0.3) is 0 Å². The normalized spacial score (nSPS) is 1.50. The Labute approximate surface area is 46.0 Å². The van der Waals surface area contributed by atoms with Crippen molar-refractivity contribution < 1.29 is 16.5 Å². The van der Waals surface area contributed by atoms with E-state index in [1.165, 1.54) is 0 Å². The van der Waals surface area contributed by atoms with Crippen LogP contribution in [-0.4, -0.2) is 0 Å². The van der Waals surface area contributed by atoms with E-state index in [0.717, 1.165) is 0 Å². The minimum absolute atomic E-state index is 0. The van der Waals surface area contributed by atoms with Crippen molar-refractivity contribution in [1.29, 1.82) is 0 Å². The quantitative estimate of drug-likeness (QED) is 0.380. The van der Waals surface area contributed by atoms with Gasteiger partial charge in [-0.15, -0.1) is 0 Å². The van der Waals surface area contributed by atoms with Gasteiger partial charge in [0.1, 0.15) is 0 Å². The maximum absolute atomic E-state index is 3.06. The zero-order valence-electron chi connectivity index (χ0n) is 2.40. The fraction of sp³-hybridized carbons (Fsp3) is 0. The third kappa shape index (κ3) is 12.2. The average Bonchev–Trinajstić information content (AvgIpc) is 1.00. The van der Waals surface area contributed by atoms with E-state index in [2.05, 4.69) is 21.8 Å². The van der Waals surface area contributed by atoms with Gasteiger partial charge >= 0.3 is 16.5 Å². The first-order valence-corrected chi connectivity index (χ1v) is 1.39. The topological polar surface area (TPSA) is 0 Å². The second-order valence-corrected chi connectivity index (χ2v) is 0. The van der Waals surface area contributed by atoms with Crippen molar-refractivity contribution in [2.24, 2.45) is 0 Å². The Hall–Kier alpha value is 0.974. The van der Waals surface area contributed by atoms with Crippen LogP contribution in [0.1, 0.15) is 0 Å². The van der Waals surface area contributed by atoms with Crippen LogP contribution in [0.4, 0.5) is 0 Å². The summed E-state index contributed by atoms with van der Waals surface area (Å²) in [4.78, 5) is 0. The fourth-order valence-corrected chi connectivity index (χ4v) is 0. The van der Waals surface area contributed by atoms with Crippen LogP contribution in [0.5, 0.6) is 0 Å². The zero-order chi connectivity index (χ0) is 2.00. The molecule has 0 saturated carbocycles. The van der Waals surface area contributed by atoms with Gasteiger partial charge in [-0.2, -0.15) is 0 Å². The molecule has 0 aliphatic rings. The van der Waals surface area contributed by atoms with Gasteiger partial charge in [0.15, 0.2) is 0 Å². The SMILES string of the molecule is [CH2-]Br.[CH3-].[Ni+2]. The molecule has 0 amide bonds. The summed E-state index contributed by atoms with van der Waals surface area (Å²) in [6.07, 6.45) is 0. The molecule has 0 aliphatic carbocycles. The molecule has 0 aromatic rings. The average molecular weight is 168 g/mol. The first kappa shape index (κ1) is 20.2. The van der Waals surface area contributed by atoms with Crippen molar-refractivity contribution >= 4 is 15.9 Å². The van der Waals surface area contributed by atoms with Crippen LogP contribution in [0.15, 0.2) is 0 Å². The molecule has 0 N–H and O–H groups in total. The molecule has 0 bridgehead atoms. The molecule has 30 valence electrons. The first-order chi connectivity index (χ1) is 1.00. The van der Waals surface area contributed by atoms with E-state index in [-0.39, 0.29) is 23.9 Å². The van der Waals surface area contributed by atoms with Crippen LogP contribution in [0.2, 0.25) is 0 Å². The summed E-state index contributed by atoms with van der Waals surface area (Å²) in [5, 5.41) is 0. The summed E-state index contributed by atoms with van der Waals surface area (Å²) in [6, 6.07) is 0.